The lowest BCUT2D eigenvalue weighted by atomic mass is 10.2. The molecule has 0 bridgehead atoms. The molecular weight excluding hydrogens is 320 g/mol. The molecule has 1 amide bonds. The predicted molar refractivity (Wildman–Crippen MR) is 73.0 cm³/mol. The van der Waals surface area contributed by atoms with Gasteiger partial charge >= 0.3 is 0 Å². The first-order chi connectivity index (χ1) is 8.56. The van der Waals surface area contributed by atoms with Crippen molar-refractivity contribution in [3.05, 3.63) is 51.7 Å². The molecule has 0 spiro atoms. The summed E-state index contributed by atoms with van der Waals surface area (Å²) in [4.78, 5) is 15.9. The van der Waals surface area contributed by atoms with Crippen LogP contribution in [0.5, 0.6) is 5.75 Å². The van der Waals surface area contributed by atoms with Crippen LogP contribution in [0.1, 0.15) is 10.4 Å². The summed E-state index contributed by atoms with van der Waals surface area (Å²) in [6.45, 7) is 0. The van der Waals surface area contributed by atoms with Gasteiger partial charge in [0.1, 0.15) is 10.4 Å². The van der Waals surface area contributed by atoms with Crippen LogP contribution in [0.4, 0.5) is 5.69 Å². The number of phenols is 1. The number of phenolic OH excluding ortho intramolecular Hbond substituents is 1. The minimum atomic E-state index is -0.423. The molecule has 6 heteroatoms. The van der Waals surface area contributed by atoms with Crippen LogP contribution in [0.3, 0.4) is 0 Å². The van der Waals surface area contributed by atoms with E-state index in [1.165, 1.54) is 24.4 Å². The van der Waals surface area contributed by atoms with Crippen LogP contribution < -0.4 is 5.32 Å². The molecule has 18 heavy (non-hydrogen) atoms. The van der Waals surface area contributed by atoms with E-state index >= 15 is 0 Å². The van der Waals surface area contributed by atoms with Crippen molar-refractivity contribution in [2.75, 3.05) is 5.32 Å². The number of halogens is 2. The maximum absolute atomic E-state index is 11.9. The fourth-order valence-corrected chi connectivity index (χ4v) is 1.75. The third-order valence-electron chi connectivity index (χ3n) is 2.19. The van der Waals surface area contributed by atoms with Gasteiger partial charge in [0, 0.05) is 5.02 Å². The van der Waals surface area contributed by atoms with E-state index in [1.807, 2.05) is 0 Å². The van der Waals surface area contributed by atoms with Gasteiger partial charge in [0.15, 0.2) is 0 Å². The molecule has 1 aromatic heterocycles. The van der Waals surface area contributed by atoms with Gasteiger partial charge in [0.25, 0.3) is 5.91 Å². The minimum Gasteiger partial charge on any atom is -0.507 e. The number of aromatic hydroxyl groups is 1. The molecular formula is C12H8BrClN2O2. The van der Waals surface area contributed by atoms with Crippen LogP contribution in [-0.2, 0) is 0 Å². The van der Waals surface area contributed by atoms with Crippen molar-refractivity contribution in [3.8, 4) is 5.75 Å². The number of nitrogens with one attached hydrogen (secondary N) is 1. The highest BCUT2D eigenvalue weighted by Gasteiger charge is 2.11. The van der Waals surface area contributed by atoms with Gasteiger partial charge in [-0.05, 0) is 46.3 Å². The maximum atomic E-state index is 11.9. The number of benzene rings is 1. The highest BCUT2D eigenvalue weighted by Crippen LogP contribution is 2.23. The number of hydrogen-bond acceptors (Lipinski definition) is 3. The van der Waals surface area contributed by atoms with Crippen LogP contribution in [0.15, 0.2) is 41.1 Å². The summed E-state index contributed by atoms with van der Waals surface area (Å²) in [6.07, 6.45) is 1.51. The van der Waals surface area contributed by atoms with Gasteiger partial charge in [0.05, 0.1) is 17.4 Å². The minimum absolute atomic E-state index is 0.155. The second kappa shape index (κ2) is 5.37. The lowest BCUT2D eigenvalue weighted by Crippen LogP contribution is -2.12. The molecule has 0 saturated heterocycles. The lowest BCUT2D eigenvalue weighted by molar-refractivity contribution is 0.102. The third-order valence-corrected chi connectivity index (χ3v) is 2.89. The van der Waals surface area contributed by atoms with Gasteiger partial charge in [-0.1, -0.05) is 11.6 Å². The Balaban J connectivity index is 2.19. The Kier molecular flexibility index (Phi) is 3.84. The van der Waals surface area contributed by atoms with E-state index in [4.69, 9.17) is 11.6 Å². The summed E-state index contributed by atoms with van der Waals surface area (Å²) in [5.41, 5.74) is 0.694. The first-order valence-electron chi connectivity index (χ1n) is 4.97. The van der Waals surface area contributed by atoms with E-state index < -0.39 is 5.91 Å². The topological polar surface area (TPSA) is 62.2 Å². The normalized spacial score (nSPS) is 10.1. The SMILES string of the molecule is O=C(Nc1ccc(Br)nc1)c1ccc(Cl)cc1O. The van der Waals surface area contributed by atoms with Crippen molar-refractivity contribution >= 4 is 39.1 Å². The fourth-order valence-electron chi connectivity index (χ4n) is 1.34. The number of amides is 1. The van der Waals surface area contributed by atoms with E-state index in [9.17, 15) is 9.90 Å². The summed E-state index contributed by atoms with van der Waals surface area (Å²) in [5.74, 6) is -0.585. The quantitative estimate of drug-likeness (QED) is 0.830. The molecule has 0 aliphatic carbocycles. The number of aromatic nitrogens is 1. The number of nitrogens with zero attached hydrogens (tertiary/aromatic N) is 1. The highest BCUT2D eigenvalue weighted by molar-refractivity contribution is 9.10. The Morgan fingerprint density at radius 3 is 2.72 bits per heavy atom. The first-order valence-corrected chi connectivity index (χ1v) is 6.15. The van der Waals surface area contributed by atoms with Gasteiger partial charge in [0.2, 0.25) is 0 Å². The van der Waals surface area contributed by atoms with Gasteiger partial charge in [-0.2, -0.15) is 0 Å². The highest BCUT2D eigenvalue weighted by atomic mass is 79.9. The second-order valence-electron chi connectivity index (χ2n) is 3.49. The Hall–Kier alpha value is -1.59. The molecule has 0 aliphatic heterocycles. The molecule has 1 aromatic carbocycles. The standard InChI is InChI=1S/C12H8BrClN2O2/c13-11-4-2-8(6-15-11)16-12(18)9-3-1-7(14)5-10(9)17/h1-6,17H,(H,16,18). The molecule has 0 aliphatic rings. The van der Waals surface area contributed by atoms with Gasteiger partial charge < -0.3 is 10.4 Å². The molecule has 0 unspecified atom stereocenters. The number of carbonyl (C=O) groups is 1. The molecule has 0 atom stereocenters. The summed E-state index contributed by atoms with van der Waals surface area (Å²) in [6, 6.07) is 7.71. The Bertz CT molecular complexity index is 587. The Morgan fingerprint density at radius 1 is 1.33 bits per heavy atom. The van der Waals surface area contributed by atoms with Crippen LogP contribution in [0, 0.1) is 0 Å². The zero-order valence-electron chi connectivity index (χ0n) is 9.02. The van der Waals surface area contributed by atoms with Crippen molar-refractivity contribution in [3.63, 3.8) is 0 Å². The largest absolute Gasteiger partial charge is 0.507 e. The van der Waals surface area contributed by atoms with E-state index in [0.29, 0.717) is 15.3 Å². The zero-order valence-corrected chi connectivity index (χ0v) is 11.4. The van der Waals surface area contributed by atoms with Crippen molar-refractivity contribution in [2.24, 2.45) is 0 Å². The monoisotopic (exact) mass is 326 g/mol. The summed E-state index contributed by atoms with van der Waals surface area (Å²) in [5, 5.41) is 12.6. The van der Waals surface area contributed by atoms with Crippen LogP contribution in [0.25, 0.3) is 0 Å². The van der Waals surface area contributed by atoms with Crippen molar-refractivity contribution in [2.45, 2.75) is 0 Å². The molecule has 92 valence electrons. The second-order valence-corrected chi connectivity index (χ2v) is 4.73. The molecule has 0 saturated carbocycles. The molecule has 2 rings (SSSR count). The van der Waals surface area contributed by atoms with Crippen LogP contribution in [0.2, 0.25) is 5.02 Å². The smallest absolute Gasteiger partial charge is 0.259 e. The molecule has 1 heterocycles. The maximum Gasteiger partial charge on any atom is 0.259 e. The van der Waals surface area contributed by atoms with Gasteiger partial charge in [-0.3, -0.25) is 4.79 Å². The number of carbonyl (C=O) groups excluding carboxylic acids is 1. The Morgan fingerprint density at radius 2 is 2.11 bits per heavy atom. The third kappa shape index (κ3) is 3.00. The van der Waals surface area contributed by atoms with E-state index in [2.05, 4.69) is 26.2 Å². The number of rotatable bonds is 2. The molecule has 0 radical (unpaired) electrons. The van der Waals surface area contributed by atoms with Crippen molar-refractivity contribution in [1.82, 2.24) is 4.98 Å². The van der Waals surface area contributed by atoms with Gasteiger partial charge in [-0.15, -0.1) is 0 Å². The number of hydrogen-bond donors (Lipinski definition) is 2. The summed E-state index contributed by atoms with van der Waals surface area (Å²) in [7, 11) is 0. The first kappa shape index (κ1) is 12.9. The average Bonchev–Trinajstić information content (AvgIpc) is 2.32. The molecule has 0 fully saturated rings. The molecule has 2 N–H and O–H groups in total. The summed E-state index contributed by atoms with van der Waals surface area (Å²) < 4.78 is 0.676. The zero-order chi connectivity index (χ0) is 13.1. The Labute approximate surface area is 117 Å². The van der Waals surface area contributed by atoms with Crippen molar-refractivity contribution in [1.29, 1.82) is 0 Å². The fraction of sp³-hybridized carbons (Fsp3) is 0. The van der Waals surface area contributed by atoms with E-state index in [-0.39, 0.29) is 11.3 Å². The van der Waals surface area contributed by atoms with Gasteiger partial charge in [-0.25, -0.2) is 4.98 Å². The van der Waals surface area contributed by atoms with Crippen molar-refractivity contribution < 1.29 is 9.90 Å². The number of anilines is 1. The van der Waals surface area contributed by atoms with Crippen LogP contribution >= 0.6 is 27.5 Å². The number of pyridine rings is 1. The molecule has 2 aromatic rings. The summed E-state index contributed by atoms with van der Waals surface area (Å²) >= 11 is 8.89. The van der Waals surface area contributed by atoms with E-state index in [0.717, 1.165) is 0 Å². The average molecular weight is 328 g/mol. The van der Waals surface area contributed by atoms with Crippen LogP contribution in [-0.4, -0.2) is 16.0 Å². The molecule has 4 nitrogen and oxygen atoms in total. The van der Waals surface area contributed by atoms with E-state index in [1.54, 1.807) is 12.1 Å². The lowest BCUT2D eigenvalue weighted by Gasteiger charge is -2.06. The predicted octanol–water partition coefficient (Wildman–Crippen LogP) is 3.46.